The predicted octanol–water partition coefficient (Wildman–Crippen LogP) is 3.42. The fraction of sp³-hybridized carbons (Fsp3) is 0.529. The zero-order valence-corrected chi connectivity index (χ0v) is 12.1. The van der Waals surface area contributed by atoms with E-state index in [0.717, 1.165) is 24.1 Å². The topological polar surface area (TPSA) is 32.7 Å². The Hall–Kier alpha value is -1.64. The number of aliphatic imine (C=N–C) groups is 1. The van der Waals surface area contributed by atoms with Crippen molar-refractivity contribution in [3.8, 4) is 0 Å². The highest BCUT2D eigenvalue weighted by atomic mass is 16.2. The fourth-order valence-corrected chi connectivity index (χ4v) is 3.39. The molecule has 0 radical (unpaired) electrons. The predicted molar refractivity (Wildman–Crippen MR) is 82.4 cm³/mol. The third-order valence-corrected chi connectivity index (χ3v) is 4.60. The Morgan fingerprint density at radius 3 is 2.55 bits per heavy atom. The highest BCUT2D eigenvalue weighted by Gasteiger charge is 2.32. The van der Waals surface area contributed by atoms with E-state index in [4.69, 9.17) is 0 Å². The van der Waals surface area contributed by atoms with Gasteiger partial charge in [0.05, 0.1) is 5.69 Å². The maximum atomic E-state index is 12.7. The molecule has 1 aliphatic heterocycles. The van der Waals surface area contributed by atoms with Crippen molar-refractivity contribution < 1.29 is 4.79 Å². The maximum Gasteiger partial charge on any atom is 0.251 e. The summed E-state index contributed by atoms with van der Waals surface area (Å²) in [4.78, 5) is 19.2. The van der Waals surface area contributed by atoms with Crippen molar-refractivity contribution in [3.05, 3.63) is 29.8 Å². The van der Waals surface area contributed by atoms with Crippen LogP contribution in [0.25, 0.3) is 0 Å². The number of likely N-dealkylation sites (N-methyl/N-ethyl adjacent to an activating group) is 1. The van der Waals surface area contributed by atoms with Crippen LogP contribution in [0.1, 0.15) is 44.1 Å². The Labute approximate surface area is 120 Å². The highest BCUT2D eigenvalue weighted by Crippen LogP contribution is 2.31. The van der Waals surface area contributed by atoms with E-state index < -0.39 is 0 Å². The number of amides is 1. The van der Waals surface area contributed by atoms with Gasteiger partial charge in [-0.15, -0.1) is 0 Å². The number of benzene rings is 1. The van der Waals surface area contributed by atoms with Gasteiger partial charge in [0.1, 0.15) is 6.04 Å². The molecule has 1 amide bonds. The Balaban J connectivity index is 1.89. The van der Waals surface area contributed by atoms with Gasteiger partial charge in [0, 0.05) is 18.8 Å². The van der Waals surface area contributed by atoms with Crippen molar-refractivity contribution in [2.45, 2.75) is 44.6 Å². The third-order valence-electron chi connectivity index (χ3n) is 4.60. The van der Waals surface area contributed by atoms with Gasteiger partial charge in [-0.3, -0.25) is 9.79 Å². The van der Waals surface area contributed by atoms with Crippen molar-refractivity contribution in [2.75, 3.05) is 11.9 Å². The van der Waals surface area contributed by atoms with Gasteiger partial charge in [-0.05, 0) is 24.8 Å². The average molecular weight is 270 g/mol. The summed E-state index contributed by atoms with van der Waals surface area (Å²) < 4.78 is 0. The molecule has 0 N–H and O–H groups in total. The number of rotatable bonds is 1. The summed E-state index contributed by atoms with van der Waals surface area (Å²) in [6.45, 7) is 0. The van der Waals surface area contributed by atoms with Crippen molar-refractivity contribution >= 4 is 17.8 Å². The largest absolute Gasteiger partial charge is 0.313 e. The second kappa shape index (κ2) is 5.78. The van der Waals surface area contributed by atoms with Gasteiger partial charge in [0.2, 0.25) is 0 Å². The first kappa shape index (κ1) is 13.3. The number of hydrogen-bond donors (Lipinski definition) is 0. The Kier molecular flexibility index (Phi) is 3.86. The van der Waals surface area contributed by atoms with Gasteiger partial charge in [-0.25, -0.2) is 0 Å². The fourth-order valence-electron chi connectivity index (χ4n) is 3.39. The molecule has 0 bridgehead atoms. The standard InChI is InChI=1S/C17H22N2O/c1-19-15-11-7-6-10-14(15)12-18-16(17(19)20)13-8-4-2-3-5-9-13/h6-7,10-13,16H,2-5,8-9H2,1H3. The number of hydrogen-bond acceptors (Lipinski definition) is 2. The lowest BCUT2D eigenvalue weighted by Gasteiger charge is -2.25. The summed E-state index contributed by atoms with van der Waals surface area (Å²) in [6, 6.07) is 7.80. The van der Waals surface area contributed by atoms with E-state index in [0.29, 0.717) is 5.92 Å². The molecule has 0 spiro atoms. The molecule has 1 aromatic rings. The Morgan fingerprint density at radius 2 is 1.80 bits per heavy atom. The molecule has 3 nitrogen and oxygen atoms in total. The minimum atomic E-state index is -0.189. The van der Waals surface area contributed by atoms with Crippen molar-refractivity contribution in [2.24, 2.45) is 10.9 Å². The van der Waals surface area contributed by atoms with E-state index in [1.807, 2.05) is 37.5 Å². The minimum Gasteiger partial charge on any atom is -0.313 e. The Bertz CT molecular complexity index is 515. The van der Waals surface area contributed by atoms with Crippen molar-refractivity contribution in [1.29, 1.82) is 0 Å². The second-order valence-electron chi connectivity index (χ2n) is 5.93. The van der Waals surface area contributed by atoms with Gasteiger partial charge in [-0.2, -0.15) is 0 Å². The summed E-state index contributed by atoms with van der Waals surface area (Å²) in [5.41, 5.74) is 2.01. The molecule has 1 saturated carbocycles. The van der Waals surface area contributed by atoms with Gasteiger partial charge < -0.3 is 4.90 Å². The average Bonchev–Trinajstić information content (AvgIpc) is 2.81. The number of para-hydroxylation sites is 1. The lowest BCUT2D eigenvalue weighted by Crippen LogP contribution is -2.39. The van der Waals surface area contributed by atoms with Gasteiger partial charge >= 0.3 is 0 Å². The first-order valence-corrected chi connectivity index (χ1v) is 7.67. The molecule has 1 heterocycles. The van der Waals surface area contributed by atoms with Crippen LogP contribution in [0.2, 0.25) is 0 Å². The van der Waals surface area contributed by atoms with E-state index >= 15 is 0 Å². The molecule has 1 atom stereocenters. The molecule has 106 valence electrons. The summed E-state index contributed by atoms with van der Waals surface area (Å²) in [5.74, 6) is 0.566. The zero-order chi connectivity index (χ0) is 13.9. The molecule has 1 aromatic carbocycles. The summed E-state index contributed by atoms with van der Waals surface area (Å²) in [6.07, 6.45) is 9.25. The highest BCUT2D eigenvalue weighted by molar-refractivity contribution is 6.04. The molecular weight excluding hydrogens is 248 g/mol. The van der Waals surface area contributed by atoms with Crippen LogP contribution in [-0.2, 0) is 4.79 Å². The van der Waals surface area contributed by atoms with Crippen LogP contribution in [0.15, 0.2) is 29.3 Å². The lowest BCUT2D eigenvalue weighted by atomic mass is 9.91. The summed E-state index contributed by atoms with van der Waals surface area (Å²) >= 11 is 0. The maximum absolute atomic E-state index is 12.7. The lowest BCUT2D eigenvalue weighted by molar-refractivity contribution is -0.120. The molecule has 1 aliphatic carbocycles. The van der Waals surface area contributed by atoms with E-state index in [1.165, 1.54) is 25.7 Å². The first-order chi connectivity index (χ1) is 9.77. The number of carbonyl (C=O) groups excluding carboxylic acids is 1. The first-order valence-electron chi connectivity index (χ1n) is 7.67. The van der Waals surface area contributed by atoms with Crippen LogP contribution in [0.4, 0.5) is 5.69 Å². The summed E-state index contributed by atoms with van der Waals surface area (Å²) in [7, 11) is 1.87. The van der Waals surface area contributed by atoms with E-state index in [1.54, 1.807) is 4.90 Å². The monoisotopic (exact) mass is 270 g/mol. The molecule has 2 aliphatic rings. The SMILES string of the molecule is CN1C(=O)C(C2CCCCCC2)N=Cc2ccccc21. The second-order valence-corrected chi connectivity index (χ2v) is 5.93. The number of fused-ring (bicyclic) bond motifs is 1. The van der Waals surface area contributed by atoms with E-state index in [2.05, 4.69) is 4.99 Å². The quantitative estimate of drug-likeness (QED) is 0.720. The number of nitrogens with zero attached hydrogens (tertiary/aromatic N) is 2. The van der Waals surface area contributed by atoms with Crippen LogP contribution in [0, 0.1) is 5.92 Å². The zero-order valence-electron chi connectivity index (χ0n) is 12.1. The number of anilines is 1. The molecule has 3 heteroatoms. The smallest absolute Gasteiger partial charge is 0.251 e. The Morgan fingerprint density at radius 1 is 1.10 bits per heavy atom. The molecule has 0 aromatic heterocycles. The van der Waals surface area contributed by atoms with E-state index in [9.17, 15) is 4.79 Å². The van der Waals surface area contributed by atoms with Crippen LogP contribution in [0.3, 0.4) is 0 Å². The van der Waals surface area contributed by atoms with Crippen molar-refractivity contribution in [1.82, 2.24) is 0 Å². The van der Waals surface area contributed by atoms with Gasteiger partial charge in [0.25, 0.3) is 5.91 Å². The molecular formula is C17H22N2O. The number of carbonyl (C=O) groups is 1. The van der Waals surface area contributed by atoms with Crippen LogP contribution in [-0.4, -0.2) is 25.2 Å². The van der Waals surface area contributed by atoms with Crippen LogP contribution in [0.5, 0.6) is 0 Å². The van der Waals surface area contributed by atoms with Gasteiger partial charge in [0.15, 0.2) is 0 Å². The molecule has 3 rings (SSSR count). The minimum absolute atomic E-state index is 0.151. The van der Waals surface area contributed by atoms with E-state index in [-0.39, 0.29) is 11.9 Å². The van der Waals surface area contributed by atoms with Crippen LogP contribution >= 0.6 is 0 Å². The van der Waals surface area contributed by atoms with Crippen LogP contribution < -0.4 is 4.90 Å². The van der Waals surface area contributed by atoms with Crippen molar-refractivity contribution in [3.63, 3.8) is 0 Å². The number of benzodiazepines with no additional fused rings is 1. The van der Waals surface area contributed by atoms with Gasteiger partial charge in [-0.1, -0.05) is 43.9 Å². The third kappa shape index (κ3) is 2.49. The molecule has 1 fully saturated rings. The summed E-state index contributed by atoms with van der Waals surface area (Å²) in [5, 5.41) is 0. The molecule has 1 unspecified atom stereocenters. The normalized spacial score (nSPS) is 24.1. The molecule has 20 heavy (non-hydrogen) atoms. The molecule has 0 saturated heterocycles.